The lowest BCUT2D eigenvalue weighted by atomic mass is 9.98. The summed E-state index contributed by atoms with van der Waals surface area (Å²) in [5, 5.41) is 0. The van der Waals surface area contributed by atoms with Crippen LogP contribution >= 0.6 is 23.5 Å². The topological polar surface area (TPSA) is 57.5 Å². The van der Waals surface area contributed by atoms with Crippen LogP contribution in [0, 0.1) is 0 Å². The average Bonchev–Trinajstić information content (AvgIpc) is 2.02. The number of alkyl halides is 1. The van der Waals surface area contributed by atoms with Gasteiger partial charge in [-0.3, -0.25) is 4.57 Å². The lowest BCUT2D eigenvalue weighted by molar-refractivity contribution is 0.369. The van der Waals surface area contributed by atoms with Crippen LogP contribution in [0.15, 0.2) is 0 Å². The second-order valence-electron chi connectivity index (χ2n) is 3.35. The fourth-order valence-electron chi connectivity index (χ4n) is 1.21. The van der Waals surface area contributed by atoms with Crippen LogP contribution in [0.3, 0.4) is 0 Å². The molecule has 5 heteroatoms. The highest BCUT2D eigenvalue weighted by Crippen LogP contribution is 2.38. The predicted octanol–water partition coefficient (Wildman–Crippen LogP) is 2.90. The van der Waals surface area contributed by atoms with Gasteiger partial charge < -0.3 is 9.79 Å². The van der Waals surface area contributed by atoms with Crippen molar-refractivity contribution in [2.75, 3.05) is 6.16 Å². The van der Waals surface area contributed by atoms with Gasteiger partial charge in [0, 0.05) is 10.5 Å². The quantitative estimate of drug-likeness (QED) is 0.578. The molecule has 0 radical (unpaired) electrons. The Morgan fingerprint density at radius 1 is 1.31 bits per heavy atom. The first-order valence-electron chi connectivity index (χ1n) is 4.56. The minimum atomic E-state index is -3.79. The van der Waals surface area contributed by atoms with E-state index in [1.54, 1.807) is 0 Å². The third-order valence-electron chi connectivity index (χ3n) is 2.34. The SMILES string of the molecule is CCC(Br)(CC)CCCP(=O)(O)O. The van der Waals surface area contributed by atoms with Gasteiger partial charge in [-0.2, -0.15) is 0 Å². The molecule has 0 atom stereocenters. The number of hydrogen-bond acceptors (Lipinski definition) is 1. The largest absolute Gasteiger partial charge is 0.325 e. The van der Waals surface area contributed by atoms with E-state index in [1.165, 1.54) is 0 Å². The number of rotatable bonds is 6. The molecule has 13 heavy (non-hydrogen) atoms. The van der Waals surface area contributed by atoms with E-state index < -0.39 is 7.60 Å². The molecule has 0 heterocycles. The average molecular weight is 273 g/mol. The van der Waals surface area contributed by atoms with Gasteiger partial charge in [0.2, 0.25) is 0 Å². The van der Waals surface area contributed by atoms with Crippen molar-refractivity contribution in [3.63, 3.8) is 0 Å². The predicted molar refractivity (Wildman–Crippen MR) is 58.4 cm³/mol. The lowest BCUT2D eigenvalue weighted by Gasteiger charge is -2.24. The Morgan fingerprint density at radius 2 is 1.77 bits per heavy atom. The fraction of sp³-hybridized carbons (Fsp3) is 1.00. The molecule has 0 aromatic rings. The zero-order valence-corrected chi connectivity index (χ0v) is 10.6. The van der Waals surface area contributed by atoms with Crippen molar-refractivity contribution < 1.29 is 14.4 Å². The Morgan fingerprint density at radius 3 is 2.08 bits per heavy atom. The minimum Gasteiger partial charge on any atom is -0.324 e. The van der Waals surface area contributed by atoms with E-state index in [2.05, 4.69) is 29.8 Å². The van der Waals surface area contributed by atoms with Crippen LogP contribution in [0.4, 0.5) is 0 Å². The summed E-state index contributed by atoms with van der Waals surface area (Å²) in [4.78, 5) is 17.3. The first-order valence-corrected chi connectivity index (χ1v) is 7.15. The summed E-state index contributed by atoms with van der Waals surface area (Å²) in [7, 11) is -3.79. The van der Waals surface area contributed by atoms with E-state index in [0.717, 1.165) is 19.3 Å². The van der Waals surface area contributed by atoms with Crippen molar-refractivity contribution >= 4 is 23.5 Å². The van der Waals surface area contributed by atoms with Crippen molar-refractivity contribution in [1.82, 2.24) is 0 Å². The molecule has 0 saturated heterocycles. The van der Waals surface area contributed by atoms with Crippen molar-refractivity contribution in [3.05, 3.63) is 0 Å². The molecule has 0 amide bonds. The van der Waals surface area contributed by atoms with E-state index in [-0.39, 0.29) is 10.5 Å². The van der Waals surface area contributed by atoms with Crippen LogP contribution in [0.1, 0.15) is 39.5 Å². The maximum Gasteiger partial charge on any atom is 0.325 e. The van der Waals surface area contributed by atoms with Gasteiger partial charge in [-0.05, 0) is 25.7 Å². The molecule has 0 saturated carbocycles. The Kier molecular flexibility index (Phi) is 5.76. The van der Waals surface area contributed by atoms with Crippen LogP contribution in [0.5, 0.6) is 0 Å². The highest BCUT2D eigenvalue weighted by Gasteiger charge is 2.23. The molecular formula is C8H18BrO3P. The molecule has 0 aliphatic heterocycles. The van der Waals surface area contributed by atoms with Gasteiger partial charge in [0.25, 0.3) is 0 Å². The highest BCUT2D eigenvalue weighted by molar-refractivity contribution is 9.10. The summed E-state index contributed by atoms with van der Waals surface area (Å²) in [6.07, 6.45) is 3.39. The molecule has 0 aliphatic rings. The summed E-state index contributed by atoms with van der Waals surface area (Å²) in [6.45, 7) is 4.16. The normalized spacial score (nSPS) is 13.3. The van der Waals surface area contributed by atoms with Crippen LogP contribution in [0.2, 0.25) is 0 Å². The maximum atomic E-state index is 10.6. The van der Waals surface area contributed by atoms with Crippen LogP contribution in [-0.4, -0.2) is 20.3 Å². The number of halogens is 1. The summed E-state index contributed by atoms with van der Waals surface area (Å²) >= 11 is 3.60. The van der Waals surface area contributed by atoms with Crippen LogP contribution < -0.4 is 0 Å². The van der Waals surface area contributed by atoms with E-state index in [1.807, 2.05) is 0 Å². The molecule has 0 spiro atoms. The zero-order chi connectivity index (χ0) is 10.5. The van der Waals surface area contributed by atoms with E-state index in [0.29, 0.717) is 6.42 Å². The molecule has 0 bridgehead atoms. The molecule has 0 rings (SSSR count). The molecular weight excluding hydrogens is 255 g/mol. The van der Waals surface area contributed by atoms with Crippen molar-refractivity contribution in [2.24, 2.45) is 0 Å². The van der Waals surface area contributed by atoms with Gasteiger partial charge in [0.05, 0.1) is 0 Å². The third-order valence-corrected chi connectivity index (χ3v) is 4.76. The fourth-order valence-corrected chi connectivity index (χ4v) is 2.06. The Hall–Kier alpha value is 0.630. The van der Waals surface area contributed by atoms with Gasteiger partial charge in [-0.1, -0.05) is 29.8 Å². The Labute approximate surface area is 88.2 Å². The maximum absolute atomic E-state index is 10.6. The molecule has 80 valence electrons. The van der Waals surface area contributed by atoms with Crippen molar-refractivity contribution in [2.45, 2.75) is 43.9 Å². The molecule has 3 nitrogen and oxygen atoms in total. The molecule has 0 aromatic heterocycles. The van der Waals surface area contributed by atoms with Gasteiger partial charge in [-0.15, -0.1) is 0 Å². The van der Waals surface area contributed by atoms with Gasteiger partial charge >= 0.3 is 7.60 Å². The molecule has 0 aromatic carbocycles. The summed E-state index contributed by atoms with van der Waals surface area (Å²) in [5.41, 5.74) is 0. The highest BCUT2D eigenvalue weighted by atomic mass is 79.9. The van der Waals surface area contributed by atoms with E-state index in [4.69, 9.17) is 9.79 Å². The summed E-state index contributed by atoms with van der Waals surface area (Å²) < 4.78 is 10.6. The van der Waals surface area contributed by atoms with Gasteiger partial charge in [0.1, 0.15) is 0 Å². The minimum absolute atomic E-state index is 0.000347. The van der Waals surface area contributed by atoms with E-state index in [9.17, 15) is 4.57 Å². The third kappa shape index (κ3) is 6.67. The van der Waals surface area contributed by atoms with Crippen molar-refractivity contribution in [3.8, 4) is 0 Å². The van der Waals surface area contributed by atoms with Gasteiger partial charge in [-0.25, -0.2) is 0 Å². The monoisotopic (exact) mass is 272 g/mol. The Balaban J connectivity index is 3.81. The molecule has 0 aliphatic carbocycles. The molecule has 0 fully saturated rings. The smallest absolute Gasteiger partial charge is 0.324 e. The van der Waals surface area contributed by atoms with Gasteiger partial charge in [0.15, 0.2) is 0 Å². The Bertz CT molecular complexity index is 186. The molecule has 0 unspecified atom stereocenters. The first kappa shape index (κ1) is 13.6. The van der Waals surface area contributed by atoms with Crippen LogP contribution in [-0.2, 0) is 4.57 Å². The van der Waals surface area contributed by atoms with E-state index >= 15 is 0 Å². The van der Waals surface area contributed by atoms with Crippen molar-refractivity contribution in [1.29, 1.82) is 0 Å². The second-order valence-corrected chi connectivity index (χ2v) is 6.81. The number of hydrogen-bond donors (Lipinski definition) is 2. The second kappa shape index (κ2) is 5.50. The first-order chi connectivity index (χ1) is 5.83. The van der Waals surface area contributed by atoms with Crippen LogP contribution in [0.25, 0.3) is 0 Å². The zero-order valence-electron chi connectivity index (χ0n) is 8.16. The lowest BCUT2D eigenvalue weighted by Crippen LogP contribution is -2.18. The molecule has 2 N–H and O–H groups in total. The standard InChI is InChI=1S/C8H18BrO3P/c1-3-8(9,4-2)6-5-7-13(10,11)12/h3-7H2,1-2H3,(H2,10,11,12). The summed E-state index contributed by atoms with van der Waals surface area (Å²) in [5.74, 6) is 0. The summed E-state index contributed by atoms with van der Waals surface area (Å²) in [6, 6.07) is 0.